The van der Waals surface area contributed by atoms with Gasteiger partial charge in [-0.15, -0.1) is 0 Å². The van der Waals surface area contributed by atoms with Crippen LogP contribution in [0.25, 0.3) is 11.1 Å². The molecule has 0 aromatic heterocycles. The van der Waals surface area contributed by atoms with Crippen LogP contribution in [-0.2, 0) is 16.6 Å². The maximum absolute atomic E-state index is 12.6. The van der Waals surface area contributed by atoms with Crippen LogP contribution in [0.4, 0.5) is 5.69 Å². The van der Waals surface area contributed by atoms with Crippen molar-refractivity contribution in [1.29, 1.82) is 0 Å². The van der Waals surface area contributed by atoms with E-state index in [1.54, 1.807) is 36.4 Å². The van der Waals surface area contributed by atoms with E-state index in [1.165, 1.54) is 5.56 Å². The Morgan fingerprint density at radius 1 is 0.735 bits per heavy atom. The third kappa shape index (κ3) is 5.60. The zero-order valence-corrected chi connectivity index (χ0v) is 19.9. The Kier molecular flexibility index (Phi) is 6.91. The Balaban J connectivity index is 1.42. The number of hydrogen-bond acceptors (Lipinski definition) is 3. The predicted octanol–water partition coefficient (Wildman–Crippen LogP) is 5.70. The molecule has 0 fully saturated rings. The van der Waals surface area contributed by atoms with Crippen molar-refractivity contribution < 1.29 is 13.2 Å². The Bertz CT molecular complexity index is 1400. The van der Waals surface area contributed by atoms with Crippen LogP contribution in [0.3, 0.4) is 0 Å². The molecule has 4 aromatic carbocycles. The first kappa shape index (κ1) is 23.4. The number of nitrogens with one attached hydrogen (secondary N) is 2. The summed E-state index contributed by atoms with van der Waals surface area (Å²) in [6.45, 7) is 4.27. The molecular weight excluding hydrogens is 444 g/mol. The SMILES string of the molecule is Cc1ccc(NC(=O)c2ccc(-c3ccc(S(=O)(=O)NCc4ccccc4)cc3)cc2)cc1C. The molecule has 6 heteroatoms. The van der Waals surface area contributed by atoms with Gasteiger partial charge in [-0.05, 0) is 78.1 Å². The number of rotatable bonds is 7. The lowest BCUT2D eigenvalue weighted by atomic mass is 10.0. The van der Waals surface area contributed by atoms with E-state index < -0.39 is 10.0 Å². The fraction of sp³-hybridized carbons (Fsp3) is 0.107. The van der Waals surface area contributed by atoms with Crippen LogP contribution in [-0.4, -0.2) is 14.3 Å². The lowest BCUT2D eigenvalue weighted by Gasteiger charge is -2.10. The summed E-state index contributed by atoms with van der Waals surface area (Å²) in [5.74, 6) is -0.180. The highest BCUT2D eigenvalue weighted by molar-refractivity contribution is 7.89. The standard InChI is InChI=1S/C28H26N2O3S/c1-20-8-15-26(18-21(20)2)30-28(31)25-11-9-23(10-12-25)24-13-16-27(17-14-24)34(32,33)29-19-22-6-4-3-5-7-22/h3-18,29H,19H2,1-2H3,(H,30,31). The summed E-state index contributed by atoms with van der Waals surface area (Å²) in [4.78, 5) is 12.8. The molecule has 4 rings (SSSR count). The molecule has 0 aliphatic rings. The third-order valence-corrected chi connectivity index (χ3v) is 7.14. The second-order valence-electron chi connectivity index (χ2n) is 8.17. The summed E-state index contributed by atoms with van der Waals surface area (Å²) in [6.07, 6.45) is 0. The number of carbonyl (C=O) groups is 1. The molecule has 0 spiro atoms. The molecule has 0 radical (unpaired) electrons. The molecule has 0 aliphatic carbocycles. The quantitative estimate of drug-likeness (QED) is 0.364. The minimum absolute atomic E-state index is 0.180. The average molecular weight is 471 g/mol. The van der Waals surface area contributed by atoms with Crippen molar-refractivity contribution in [2.24, 2.45) is 0 Å². The first-order valence-corrected chi connectivity index (χ1v) is 12.4. The van der Waals surface area contributed by atoms with Gasteiger partial charge in [0.15, 0.2) is 0 Å². The Morgan fingerprint density at radius 2 is 1.35 bits per heavy atom. The van der Waals surface area contributed by atoms with Crippen LogP contribution >= 0.6 is 0 Å². The highest BCUT2D eigenvalue weighted by Gasteiger charge is 2.14. The molecule has 0 aliphatic heterocycles. The summed E-state index contributed by atoms with van der Waals surface area (Å²) < 4.78 is 27.8. The zero-order chi connectivity index (χ0) is 24.1. The molecule has 1 amide bonds. The Morgan fingerprint density at radius 3 is 1.97 bits per heavy atom. The van der Waals surface area contributed by atoms with Crippen LogP contribution in [0.1, 0.15) is 27.0 Å². The number of hydrogen-bond donors (Lipinski definition) is 2. The first-order chi connectivity index (χ1) is 16.3. The van der Waals surface area contributed by atoms with E-state index in [9.17, 15) is 13.2 Å². The molecule has 0 bridgehead atoms. The molecular formula is C28H26N2O3S. The maximum Gasteiger partial charge on any atom is 0.255 e. The minimum Gasteiger partial charge on any atom is -0.322 e. The average Bonchev–Trinajstić information content (AvgIpc) is 2.86. The highest BCUT2D eigenvalue weighted by atomic mass is 32.2. The number of aryl methyl sites for hydroxylation is 2. The fourth-order valence-corrected chi connectivity index (χ4v) is 4.54. The summed E-state index contributed by atoms with van der Waals surface area (Å²) in [5.41, 5.74) is 6.25. The monoisotopic (exact) mass is 470 g/mol. The lowest BCUT2D eigenvalue weighted by molar-refractivity contribution is 0.102. The molecule has 0 saturated heterocycles. The number of carbonyl (C=O) groups excluding carboxylic acids is 1. The summed E-state index contributed by atoms with van der Waals surface area (Å²) >= 11 is 0. The highest BCUT2D eigenvalue weighted by Crippen LogP contribution is 2.23. The van der Waals surface area contributed by atoms with Gasteiger partial charge in [-0.3, -0.25) is 4.79 Å². The van der Waals surface area contributed by atoms with Crippen molar-refractivity contribution in [3.8, 4) is 11.1 Å². The van der Waals surface area contributed by atoms with Gasteiger partial charge in [0.1, 0.15) is 0 Å². The van der Waals surface area contributed by atoms with E-state index in [-0.39, 0.29) is 17.3 Å². The Labute approximate surface area is 200 Å². The zero-order valence-electron chi connectivity index (χ0n) is 19.1. The van der Waals surface area contributed by atoms with Crippen LogP contribution in [0.2, 0.25) is 0 Å². The van der Waals surface area contributed by atoms with E-state index in [4.69, 9.17) is 0 Å². The molecule has 0 atom stereocenters. The number of anilines is 1. The first-order valence-electron chi connectivity index (χ1n) is 10.9. The van der Waals surface area contributed by atoms with Gasteiger partial charge in [0.05, 0.1) is 4.90 Å². The largest absolute Gasteiger partial charge is 0.322 e. The summed E-state index contributed by atoms with van der Waals surface area (Å²) in [7, 11) is -3.61. The third-order valence-electron chi connectivity index (χ3n) is 5.72. The molecule has 4 aromatic rings. The van der Waals surface area contributed by atoms with Crippen LogP contribution in [0, 0.1) is 13.8 Å². The van der Waals surface area contributed by atoms with Crippen LogP contribution in [0.15, 0.2) is 102 Å². The predicted molar refractivity (Wildman–Crippen MR) is 136 cm³/mol. The maximum atomic E-state index is 12.6. The smallest absolute Gasteiger partial charge is 0.255 e. The summed E-state index contributed by atoms with van der Waals surface area (Å²) in [5, 5.41) is 2.92. The number of benzene rings is 4. The van der Waals surface area contributed by atoms with Crippen molar-refractivity contribution in [3.05, 3.63) is 119 Å². The molecule has 0 heterocycles. The molecule has 0 saturated carbocycles. The van der Waals surface area contributed by atoms with Crippen molar-refractivity contribution >= 4 is 21.6 Å². The summed E-state index contributed by atoms with van der Waals surface area (Å²) in [6, 6.07) is 29.1. The van der Waals surface area contributed by atoms with Crippen molar-refractivity contribution in [3.63, 3.8) is 0 Å². The van der Waals surface area contributed by atoms with E-state index in [0.29, 0.717) is 5.56 Å². The second-order valence-corrected chi connectivity index (χ2v) is 9.93. The molecule has 5 nitrogen and oxygen atoms in total. The van der Waals surface area contributed by atoms with Gasteiger partial charge < -0.3 is 5.32 Å². The lowest BCUT2D eigenvalue weighted by Crippen LogP contribution is -2.23. The number of amides is 1. The van der Waals surface area contributed by atoms with Gasteiger partial charge in [-0.1, -0.05) is 60.7 Å². The Hall–Kier alpha value is -3.74. The topological polar surface area (TPSA) is 75.3 Å². The second kappa shape index (κ2) is 10.0. The van der Waals surface area contributed by atoms with Crippen LogP contribution in [0.5, 0.6) is 0 Å². The fourth-order valence-electron chi connectivity index (χ4n) is 3.52. The minimum atomic E-state index is -3.61. The molecule has 172 valence electrons. The van der Waals surface area contributed by atoms with Gasteiger partial charge in [-0.25, -0.2) is 13.1 Å². The van der Waals surface area contributed by atoms with Gasteiger partial charge in [0, 0.05) is 17.8 Å². The van der Waals surface area contributed by atoms with Crippen molar-refractivity contribution in [1.82, 2.24) is 4.72 Å². The van der Waals surface area contributed by atoms with Crippen LogP contribution < -0.4 is 10.0 Å². The van der Waals surface area contributed by atoms with E-state index in [2.05, 4.69) is 10.0 Å². The normalized spacial score (nSPS) is 11.2. The molecule has 2 N–H and O–H groups in total. The van der Waals surface area contributed by atoms with Gasteiger partial charge in [0.2, 0.25) is 10.0 Å². The van der Waals surface area contributed by atoms with E-state index in [0.717, 1.165) is 27.9 Å². The number of sulfonamides is 1. The van der Waals surface area contributed by atoms with Gasteiger partial charge in [0.25, 0.3) is 5.91 Å². The van der Waals surface area contributed by atoms with E-state index >= 15 is 0 Å². The van der Waals surface area contributed by atoms with Gasteiger partial charge >= 0.3 is 0 Å². The van der Waals surface area contributed by atoms with Crippen molar-refractivity contribution in [2.75, 3.05) is 5.32 Å². The van der Waals surface area contributed by atoms with Crippen molar-refractivity contribution in [2.45, 2.75) is 25.3 Å². The van der Waals surface area contributed by atoms with Gasteiger partial charge in [-0.2, -0.15) is 0 Å². The molecule has 0 unspecified atom stereocenters. The molecule has 34 heavy (non-hydrogen) atoms. The van der Waals surface area contributed by atoms with E-state index in [1.807, 2.05) is 74.5 Å².